The van der Waals surface area contributed by atoms with Crippen LogP contribution in [0.15, 0.2) is 24.3 Å². The highest BCUT2D eigenvalue weighted by Gasteiger charge is 2.07. The zero-order chi connectivity index (χ0) is 12.0. The Bertz CT molecular complexity index is 391. The first-order valence-corrected chi connectivity index (χ1v) is 5.04. The summed E-state index contributed by atoms with van der Waals surface area (Å²) < 4.78 is 0. The van der Waals surface area contributed by atoms with Crippen molar-refractivity contribution in [2.45, 2.75) is 6.92 Å². The first-order valence-electron chi connectivity index (χ1n) is 5.04. The number of nitrogens with two attached hydrogens (primary N) is 1. The van der Waals surface area contributed by atoms with E-state index in [1.165, 1.54) is 0 Å². The molecule has 1 aromatic carbocycles. The molecular weight excluding hydrogens is 206 g/mol. The van der Waals surface area contributed by atoms with Gasteiger partial charge in [0, 0.05) is 12.2 Å². The Kier molecular flexibility index (Phi) is 4.32. The fraction of sp³-hybridized carbons (Fsp3) is 0.273. The Morgan fingerprint density at radius 3 is 2.62 bits per heavy atom. The van der Waals surface area contributed by atoms with Gasteiger partial charge in [-0.2, -0.15) is 0 Å². The number of hydrogen-bond acceptors (Lipinski definition) is 3. The molecule has 16 heavy (non-hydrogen) atoms. The monoisotopic (exact) mass is 221 g/mol. The maximum absolute atomic E-state index is 11.2. The van der Waals surface area contributed by atoms with Gasteiger partial charge in [-0.25, -0.2) is 0 Å². The first kappa shape index (κ1) is 12.0. The molecule has 0 aliphatic heterocycles. The zero-order valence-corrected chi connectivity index (χ0v) is 9.12. The molecule has 0 atom stereocenters. The Morgan fingerprint density at radius 1 is 1.31 bits per heavy atom. The van der Waals surface area contributed by atoms with Gasteiger partial charge in [-0.3, -0.25) is 9.59 Å². The van der Waals surface area contributed by atoms with Crippen LogP contribution in [-0.4, -0.2) is 24.9 Å². The molecule has 0 aromatic heterocycles. The molecule has 5 heteroatoms. The number of amides is 2. The van der Waals surface area contributed by atoms with E-state index in [9.17, 15) is 9.59 Å². The third kappa shape index (κ3) is 3.27. The second-order valence-corrected chi connectivity index (χ2v) is 3.22. The van der Waals surface area contributed by atoms with Crippen LogP contribution >= 0.6 is 0 Å². The van der Waals surface area contributed by atoms with E-state index >= 15 is 0 Å². The molecular formula is C11H15N3O2. The van der Waals surface area contributed by atoms with Crippen molar-refractivity contribution < 1.29 is 9.59 Å². The number of anilines is 1. The Morgan fingerprint density at radius 2 is 2.00 bits per heavy atom. The average molecular weight is 221 g/mol. The molecule has 86 valence electrons. The molecule has 0 spiro atoms. The molecule has 0 aliphatic rings. The van der Waals surface area contributed by atoms with E-state index in [1.807, 2.05) is 6.92 Å². The topological polar surface area (TPSA) is 84.2 Å². The molecule has 5 nitrogen and oxygen atoms in total. The quantitative estimate of drug-likeness (QED) is 0.670. The minimum Gasteiger partial charge on any atom is -0.376 e. The number of benzene rings is 1. The number of nitrogens with one attached hydrogen (secondary N) is 2. The predicted molar refractivity (Wildman–Crippen MR) is 62.1 cm³/mol. The number of rotatable bonds is 5. The van der Waals surface area contributed by atoms with Gasteiger partial charge in [0.25, 0.3) is 5.91 Å². The number of carbonyl (C=O) groups excluding carboxylic acids is 2. The van der Waals surface area contributed by atoms with Gasteiger partial charge in [0.2, 0.25) is 5.91 Å². The summed E-state index contributed by atoms with van der Waals surface area (Å²) in [6.07, 6.45) is 0. The smallest absolute Gasteiger partial charge is 0.250 e. The van der Waals surface area contributed by atoms with Crippen molar-refractivity contribution >= 4 is 17.5 Å². The van der Waals surface area contributed by atoms with E-state index < -0.39 is 5.91 Å². The summed E-state index contributed by atoms with van der Waals surface area (Å²) in [5.41, 5.74) is 6.15. The number of carbonyl (C=O) groups is 2. The van der Waals surface area contributed by atoms with Crippen LogP contribution < -0.4 is 16.4 Å². The minimum absolute atomic E-state index is 0.123. The lowest BCUT2D eigenvalue weighted by Crippen LogP contribution is -2.30. The summed E-state index contributed by atoms with van der Waals surface area (Å²) in [6, 6.07) is 6.81. The van der Waals surface area contributed by atoms with Gasteiger partial charge in [-0.05, 0) is 19.1 Å². The van der Waals surface area contributed by atoms with Crippen LogP contribution in [0.2, 0.25) is 0 Å². The number of para-hydroxylation sites is 1. The molecule has 0 saturated carbocycles. The lowest BCUT2D eigenvalue weighted by atomic mass is 10.1. The van der Waals surface area contributed by atoms with Crippen molar-refractivity contribution in [2.75, 3.05) is 18.4 Å². The maximum Gasteiger partial charge on any atom is 0.250 e. The number of primary amides is 1. The summed E-state index contributed by atoms with van der Waals surface area (Å²) in [5.74, 6) is -0.638. The Hall–Kier alpha value is -2.04. The maximum atomic E-state index is 11.2. The molecule has 1 aromatic rings. The van der Waals surface area contributed by atoms with E-state index in [0.717, 1.165) is 0 Å². The largest absolute Gasteiger partial charge is 0.376 e. The van der Waals surface area contributed by atoms with Crippen LogP contribution in [0.1, 0.15) is 17.3 Å². The van der Waals surface area contributed by atoms with E-state index in [0.29, 0.717) is 17.8 Å². The summed E-state index contributed by atoms with van der Waals surface area (Å²) in [6.45, 7) is 2.55. The van der Waals surface area contributed by atoms with Crippen molar-refractivity contribution in [2.24, 2.45) is 5.73 Å². The van der Waals surface area contributed by atoms with E-state index in [4.69, 9.17) is 5.73 Å². The third-order valence-corrected chi connectivity index (χ3v) is 2.01. The first-order chi connectivity index (χ1) is 7.65. The molecule has 2 amide bonds. The molecule has 0 fully saturated rings. The number of likely N-dealkylation sites (N-methyl/N-ethyl adjacent to an activating group) is 1. The van der Waals surface area contributed by atoms with E-state index in [2.05, 4.69) is 10.6 Å². The van der Waals surface area contributed by atoms with Crippen molar-refractivity contribution in [3.63, 3.8) is 0 Å². The van der Waals surface area contributed by atoms with Gasteiger partial charge in [0.1, 0.15) is 0 Å². The molecule has 0 bridgehead atoms. The molecule has 1 rings (SSSR count). The molecule has 0 aliphatic carbocycles. The highest BCUT2D eigenvalue weighted by Crippen LogP contribution is 2.13. The third-order valence-electron chi connectivity index (χ3n) is 2.01. The molecule has 0 heterocycles. The highest BCUT2D eigenvalue weighted by molar-refractivity contribution is 5.98. The lowest BCUT2D eigenvalue weighted by Gasteiger charge is -2.09. The fourth-order valence-electron chi connectivity index (χ4n) is 1.29. The summed E-state index contributed by atoms with van der Waals surface area (Å²) >= 11 is 0. The molecule has 0 saturated heterocycles. The second-order valence-electron chi connectivity index (χ2n) is 3.22. The minimum atomic E-state index is -0.515. The van der Waals surface area contributed by atoms with Gasteiger partial charge in [-0.1, -0.05) is 12.1 Å². The van der Waals surface area contributed by atoms with Crippen LogP contribution in [-0.2, 0) is 4.79 Å². The van der Waals surface area contributed by atoms with Gasteiger partial charge in [0.05, 0.1) is 12.1 Å². The average Bonchev–Trinajstić information content (AvgIpc) is 2.27. The molecule has 4 N–H and O–H groups in total. The zero-order valence-electron chi connectivity index (χ0n) is 9.12. The van der Waals surface area contributed by atoms with Gasteiger partial charge >= 0.3 is 0 Å². The van der Waals surface area contributed by atoms with Crippen molar-refractivity contribution in [3.05, 3.63) is 29.8 Å². The van der Waals surface area contributed by atoms with Crippen LogP contribution in [0.4, 0.5) is 5.69 Å². The summed E-state index contributed by atoms with van der Waals surface area (Å²) in [5, 5.41) is 5.51. The Balaban J connectivity index is 2.66. The number of hydrogen-bond donors (Lipinski definition) is 3. The van der Waals surface area contributed by atoms with E-state index in [1.54, 1.807) is 24.3 Å². The van der Waals surface area contributed by atoms with Crippen LogP contribution in [0.3, 0.4) is 0 Å². The molecule has 0 radical (unpaired) electrons. The summed E-state index contributed by atoms with van der Waals surface area (Å²) in [7, 11) is 0. The molecule has 0 unspecified atom stereocenters. The van der Waals surface area contributed by atoms with Gasteiger partial charge in [-0.15, -0.1) is 0 Å². The van der Waals surface area contributed by atoms with Crippen LogP contribution in [0.25, 0.3) is 0 Å². The second kappa shape index (κ2) is 5.75. The fourth-order valence-corrected chi connectivity index (χ4v) is 1.29. The van der Waals surface area contributed by atoms with Crippen molar-refractivity contribution in [1.82, 2.24) is 5.32 Å². The Labute approximate surface area is 94.0 Å². The highest BCUT2D eigenvalue weighted by atomic mass is 16.2. The summed E-state index contributed by atoms with van der Waals surface area (Å²) in [4.78, 5) is 22.3. The van der Waals surface area contributed by atoms with Crippen molar-refractivity contribution in [1.29, 1.82) is 0 Å². The normalized spacial score (nSPS) is 9.56. The van der Waals surface area contributed by atoms with E-state index in [-0.39, 0.29) is 12.5 Å². The lowest BCUT2D eigenvalue weighted by molar-refractivity contribution is -0.119. The van der Waals surface area contributed by atoms with Crippen LogP contribution in [0, 0.1) is 0 Å². The van der Waals surface area contributed by atoms with Crippen molar-refractivity contribution in [3.8, 4) is 0 Å². The standard InChI is InChI=1S/C11H15N3O2/c1-2-13-10(15)7-14-9-6-4-3-5-8(9)11(12)16/h3-6,14H,2,7H2,1H3,(H2,12,16)(H,13,15). The van der Waals surface area contributed by atoms with Crippen LogP contribution in [0.5, 0.6) is 0 Å². The van der Waals surface area contributed by atoms with Gasteiger partial charge < -0.3 is 16.4 Å². The SMILES string of the molecule is CCNC(=O)CNc1ccccc1C(N)=O. The predicted octanol–water partition coefficient (Wildman–Crippen LogP) is 0.333. The van der Waals surface area contributed by atoms with Gasteiger partial charge in [0.15, 0.2) is 0 Å².